The molecule has 1 aromatic carbocycles. The highest BCUT2D eigenvalue weighted by Gasteiger charge is 2.15. The molecule has 0 aliphatic carbocycles. The molecule has 2 heterocycles. The number of benzene rings is 1. The predicted octanol–water partition coefficient (Wildman–Crippen LogP) is 3.19. The van der Waals surface area contributed by atoms with E-state index in [9.17, 15) is 5.26 Å². The summed E-state index contributed by atoms with van der Waals surface area (Å²) >= 11 is 0. The molecule has 4 nitrogen and oxygen atoms in total. The number of nitrogen functional groups attached to an aromatic ring is 1. The van der Waals surface area contributed by atoms with E-state index < -0.39 is 0 Å². The van der Waals surface area contributed by atoms with Gasteiger partial charge in [0.25, 0.3) is 0 Å². The molecule has 0 amide bonds. The maximum absolute atomic E-state index is 9.24. The lowest BCUT2D eigenvalue weighted by molar-refractivity contribution is 0.578. The molecule has 0 saturated carbocycles. The van der Waals surface area contributed by atoms with Crippen molar-refractivity contribution in [2.75, 3.05) is 23.7 Å². The van der Waals surface area contributed by atoms with Gasteiger partial charge in [-0.15, -0.1) is 0 Å². The number of piperidine rings is 1. The first kappa shape index (κ1) is 13.4. The summed E-state index contributed by atoms with van der Waals surface area (Å²) in [7, 11) is 0. The summed E-state index contributed by atoms with van der Waals surface area (Å²) in [6.45, 7) is 2.09. The van der Waals surface area contributed by atoms with Gasteiger partial charge >= 0.3 is 0 Å². The Morgan fingerprint density at radius 2 is 1.95 bits per heavy atom. The van der Waals surface area contributed by atoms with Gasteiger partial charge in [-0.05, 0) is 43.0 Å². The average Bonchev–Trinajstić information content (AvgIpc) is 2.56. The van der Waals surface area contributed by atoms with Crippen LogP contribution in [0.3, 0.4) is 0 Å². The van der Waals surface area contributed by atoms with Gasteiger partial charge in [-0.25, -0.2) is 0 Å². The molecule has 0 bridgehead atoms. The monoisotopic (exact) mass is 278 g/mol. The Morgan fingerprint density at radius 1 is 1.14 bits per heavy atom. The maximum atomic E-state index is 9.24. The van der Waals surface area contributed by atoms with Crippen LogP contribution in [0.2, 0.25) is 0 Å². The molecule has 21 heavy (non-hydrogen) atoms. The van der Waals surface area contributed by atoms with Gasteiger partial charge in [0.2, 0.25) is 0 Å². The van der Waals surface area contributed by atoms with Gasteiger partial charge in [0.1, 0.15) is 0 Å². The second-order valence-electron chi connectivity index (χ2n) is 5.35. The second-order valence-corrected chi connectivity index (χ2v) is 5.35. The highest BCUT2D eigenvalue weighted by Crippen LogP contribution is 2.32. The fourth-order valence-corrected chi connectivity index (χ4v) is 2.84. The number of hydrogen-bond donors (Lipinski definition) is 1. The van der Waals surface area contributed by atoms with Crippen LogP contribution in [0, 0.1) is 11.3 Å². The first-order valence-electron chi connectivity index (χ1n) is 7.28. The largest absolute Gasteiger partial charge is 0.397 e. The van der Waals surface area contributed by atoms with Crippen molar-refractivity contribution in [3.05, 3.63) is 42.2 Å². The number of aromatic nitrogens is 1. The zero-order chi connectivity index (χ0) is 14.7. The molecule has 1 aromatic heterocycles. The quantitative estimate of drug-likeness (QED) is 0.857. The van der Waals surface area contributed by atoms with Crippen molar-refractivity contribution in [1.82, 2.24) is 4.98 Å². The number of pyridine rings is 1. The topological polar surface area (TPSA) is 65.9 Å². The summed E-state index contributed by atoms with van der Waals surface area (Å²) in [6.07, 6.45) is 7.09. The Morgan fingerprint density at radius 3 is 2.71 bits per heavy atom. The minimum absolute atomic E-state index is 0.638. The molecule has 1 saturated heterocycles. The Balaban J connectivity index is 2.03. The van der Waals surface area contributed by atoms with E-state index in [0.717, 1.165) is 35.6 Å². The van der Waals surface area contributed by atoms with Crippen molar-refractivity contribution >= 4 is 11.4 Å². The zero-order valence-corrected chi connectivity index (χ0v) is 11.9. The molecule has 2 aromatic rings. The molecule has 3 rings (SSSR count). The molecule has 0 radical (unpaired) electrons. The summed E-state index contributed by atoms with van der Waals surface area (Å²) < 4.78 is 0. The Bertz CT molecular complexity index is 681. The van der Waals surface area contributed by atoms with Crippen molar-refractivity contribution in [2.45, 2.75) is 19.3 Å². The Kier molecular flexibility index (Phi) is 3.74. The standard InChI is InChI=1S/C17H18N4/c18-11-14-6-7-20-12-15(14)13-4-5-16(19)17(10-13)21-8-2-1-3-9-21/h4-7,10,12H,1-3,8-9,19H2. The van der Waals surface area contributed by atoms with Gasteiger partial charge in [0.15, 0.2) is 0 Å². The third kappa shape index (κ3) is 2.68. The van der Waals surface area contributed by atoms with Crippen molar-refractivity contribution in [1.29, 1.82) is 5.26 Å². The van der Waals surface area contributed by atoms with E-state index in [2.05, 4.69) is 22.0 Å². The van der Waals surface area contributed by atoms with E-state index in [4.69, 9.17) is 5.73 Å². The van der Waals surface area contributed by atoms with E-state index in [1.165, 1.54) is 19.3 Å². The van der Waals surface area contributed by atoms with Crippen molar-refractivity contribution in [3.8, 4) is 17.2 Å². The maximum Gasteiger partial charge on any atom is 0.0999 e. The molecule has 1 aliphatic rings. The van der Waals surface area contributed by atoms with Crippen LogP contribution in [0.5, 0.6) is 0 Å². The van der Waals surface area contributed by atoms with E-state index in [0.29, 0.717) is 5.56 Å². The van der Waals surface area contributed by atoms with E-state index in [1.54, 1.807) is 18.5 Å². The highest BCUT2D eigenvalue weighted by atomic mass is 15.1. The van der Waals surface area contributed by atoms with Crippen molar-refractivity contribution in [2.24, 2.45) is 0 Å². The van der Waals surface area contributed by atoms with Crippen LogP contribution in [0.4, 0.5) is 11.4 Å². The number of anilines is 2. The van der Waals surface area contributed by atoms with E-state index >= 15 is 0 Å². The summed E-state index contributed by atoms with van der Waals surface area (Å²) in [5.74, 6) is 0. The summed E-state index contributed by atoms with van der Waals surface area (Å²) in [5, 5.41) is 9.24. The molecule has 1 fully saturated rings. The highest BCUT2D eigenvalue weighted by molar-refractivity contribution is 5.79. The summed E-state index contributed by atoms with van der Waals surface area (Å²) in [6, 6.07) is 9.93. The van der Waals surface area contributed by atoms with Crippen molar-refractivity contribution < 1.29 is 0 Å². The number of nitrogens with zero attached hydrogens (tertiary/aromatic N) is 3. The lowest BCUT2D eigenvalue weighted by Crippen LogP contribution is -2.30. The molecule has 0 atom stereocenters. The molecule has 1 aliphatic heterocycles. The molecule has 0 unspecified atom stereocenters. The van der Waals surface area contributed by atoms with Crippen LogP contribution in [0.1, 0.15) is 24.8 Å². The summed E-state index contributed by atoms with van der Waals surface area (Å²) in [5.41, 5.74) is 10.5. The van der Waals surface area contributed by atoms with Gasteiger partial charge in [-0.3, -0.25) is 4.98 Å². The van der Waals surface area contributed by atoms with Gasteiger partial charge in [-0.2, -0.15) is 5.26 Å². The predicted molar refractivity (Wildman–Crippen MR) is 84.9 cm³/mol. The smallest absolute Gasteiger partial charge is 0.0999 e. The fourth-order valence-electron chi connectivity index (χ4n) is 2.84. The minimum Gasteiger partial charge on any atom is -0.397 e. The van der Waals surface area contributed by atoms with Gasteiger partial charge in [0.05, 0.1) is 23.0 Å². The Hall–Kier alpha value is -2.54. The minimum atomic E-state index is 0.638. The van der Waals surface area contributed by atoms with Gasteiger partial charge in [-0.1, -0.05) is 6.07 Å². The number of rotatable bonds is 2. The van der Waals surface area contributed by atoms with Gasteiger partial charge in [0, 0.05) is 31.0 Å². The van der Waals surface area contributed by atoms with Crippen LogP contribution in [-0.4, -0.2) is 18.1 Å². The SMILES string of the molecule is N#Cc1ccncc1-c1ccc(N)c(N2CCCCC2)c1. The molecule has 2 N–H and O–H groups in total. The van der Waals surface area contributed by atoms with Crippen LogP contribution in [-0.2, 0) is 0 Å². The number of nitrogens with two attached hydrogens (primary N) is 1. The lowest BCUT2D eigenvalue weighted by Gasteiger charge is -2.30. The molecule has 106 valence electrons. The Labute approximate surface area is 124 Å². The third-order valence-electron chi connectivity index (χ3n) is 3.98. The zero-order valence-electron chi connectivity index (χ0n) is 11.9. The van der Waals surface area contributed by atoms with Crippen LogP contribution in [0.25, 0.3) is 11.1 Å². The normalized spacial score (nSPS) is 14.7. The lowest BCUT2D eigenvalue weighted by atomic mass is 10.0. The van der Waals surface area contributed by atoms with E-state index in [1.807, 2.05) is 12.1 Å². The number of nitriles is 1. The number of hydrogen-bond acceptors (Lipinski definition) is 4. The first-order chi connectivity index (χ1) is 10.3. The average molecular weight is 278 g/mol. The molecule has 0 spiro atoms. The third-order valence-corrected chi connectivity index (χ3v) is 3.98. The molecular formula is C17H18N4. The van der Waals surface area contributed by atoms with Crippen LogP contribution in [0.15, 0.2) is 36.7 Å². The molecule has 4 heteroatoms. The van der Waals surface area contributed by atoms with E-state index in [-0.39, 0.29) is 0 Å². The molecular weight excluding hydrogens is 260 g/mol. The van der Waals surface area contributed by atoms with Crippen LogP contribution < -0.4 is 10.6 Å². The fraction of sp³-hybridized carbons (Fsp3) is 0.294. The van der Waals surface area contributed by atoms with Gasteiger partial charge < -0.3 is 10.6 Å². The summed E-state index contributed by atoms with van der Waals surface area (Å²) in [4.78, 5) is 6.48. The first-order valence-corrected chi connectivity index (χ1v) is 7.28. The van der Waals surface area contributed by atoms with Crippen LogP contribution >= 0.6 is 0 Å². The van der Waals surface area contributed by atoms with Crippen molar-refractivity contribution in [3.63, 3.8) is 0 Å². The second kappa shape index (κ2) is 5.84.